The standard InChI is InChI=1S/C21H26N6OS/c1-4-26-8-7-16-18(11-26)29-21(24-16)25-20(28)14-9-17(13-5-6-13)23-19-15(14)10-22-27(19)12(2)3/h9-10,12-13H,4-8,11H2,1-3H3,(H,24,25,28). The largest absolute Gasteiger partial charge is 0.298 e. The van der Waals surface area contributed by atoms with Gasteiger partial charge in [0.05, 0.1) is 22.8 Å². The normalized spacial score (nSPS) is 17.1. The third kappa shape index (κ3) is 3.44. The number of likely N-dealkylation sites (N-methyl/N-ethyl adjacent to an activating group) is 1. The minimum Gasteiger partial charge on any atom is -0.298 e. The van der Waals surface area contributed by atoms with Gasteiger partial charge in [0.25, 0.3) is 5.91 Å². The fourth-order valence-electron chi connectivity index (χ4n) is 3.93. The molecule has 4 heterocycles. The zero-order valence-corrected chi connectivity index (χ0v) is 17.9. The Balaban J connectivity index is 1.48. The highest BCUT2D eigenvalue weighted by atomic mass is 32.1. The summed E-state index contributed by atoms with van der Waals surface area (Å²) < 4.78 is 1.90. The molecular formula is C21H26N6OS. The van der Waals surface area contributed by atoms with Crippen LogP contribution in [0.4, 0.5) is 5.13 Å². The van der Waals surface area contributed by atoms with Crippen LogP contribution in [0.5, 0.6) is 0 Å². The highest BCUT2D eigenvalue weighted by Gasteiger charge is 2.29. The van der Waals surface area contributed by atoms with E-state index in [0.717, 1.165) is 61.3 Å². The first kappa shape index (κ1) is 18.7. The fraction of sp³-hybridized carbons (Fsp3) is 0.524. The Morgan fingerprint density at radius 1 is 1.34 bits per heavy atom. The lowest BCUT2D eigenvalue weighted by atomic mass is 10.1. The molecule has 0 atom stereocenters. The number of thiazole rings is 1. The molecule has 3 aromatic heterocycles. The number of pyridine rings is 1. The van der Waals surface area contributed by atoms with Gasteiger partial charge in [0, 0.05) is 42.0 Å². The van der Waals surface area contributed by atoms with Crippen molar-refractivity contribution in [2.24, 2.45) is 0 Å². The van der Waals surface area contributed by atoms with Crippen LogP contribution in [0.15, 0.2) is 12.3 Å². The van der Waals surface area contributed by atoms with Crippen LogP contribution in [0.25, 0.3) is 11.0 Å². The lowest BCUT2D eigenvalue weighted by molar-refractivity contribution is 0.102. The Morgan fingerprint density at radius 3 is 2.90 bits per heavy atom. The first-order chi connectivity index (χ1) is 14.0. The predicted molar refractivity (Wildman–Crippen MR) is 115 cm³/mol. The third-order valence-electron chi connectivity index (χ3n) is 5.79. The van der Waals surface area contributed by atoms with E-state index in [9.17, 15) is 4.79 Å². The number of hydrogen-bond donors (Lipinski definition) is 1. The summed E-state index contributed by atoms with van der Waals surface area (Å²) in [4.78, 5) is 26.4. The van der Waals surface area contributed by atoms with E-state index < -0.39 is 0 Å². The van der Waals surface area contributed by atoms with Gasteiger partial charge in [-0.05, 0) is 39.3 Å². The first-order valence-electron chi connectivity index (χ1n) is 10.4. The molecule has 1 fully saturated rings. The quantitative estimate of drug-likeness (QED) is 0.689. The molecule has 5 rings (SSSR count). The summed E-state index contributed by atoms with van der Waals surface area (Å²) in [5, 5.41) is 9.03. The maximum atomic E-state index is 13.2. The third-order valence-corrected chi connectivity index (χ3v) is 6.79. The smallest absolute Gasteiger partial charge is 0.258 e. The number of hydrogen-bond acceptors (Lipinski definition) is 6. The Kier molecular flexibility index (Phi) is 4.63. The van der Waals surface area contributed by atoms with Crippen LogP contribution in [-0.4, -0.2) is 43.6 Å². The summed E-state index contributed by atoms with van der Waals surface area (Å²) >= 11 is 1.59. The van der Waals surface area contributed by atoms with Gasteiger partial charge in [-0.2, -0.15) is 5.10 Å². The Labute approximate surface area is 174 Å². The van der Waals surface area contributed by atoms with Crippen molar-refractivity contribution in [3.05, 3.63) is 34.1 Å². The second-order valence-corrected chi connectivity index (χ2v) is 9.33. The summed E-state index contributed by atoms with van der Waals surface area (Å²) in [7, 11) is 0. The molecule has 0 bridgehead atoms. The average Bonchev–Trinajstić information content (AvgIpc) is 3.34. The maximum Gasteiger partial charge on any atom is 0.258 e. The SMILES string of the molecule is CCN1CCc2nc(NC(=O)c3cc(C4CC4)nc4c3cnn4C(C)C)sc2C1. The van der Waals surface area contributed by atoms with Gasteiger partial charge in [-0.3, -0.25) is 15.0 Å². The Bertz CT molecular complexity index is 1080. The van der Waals surface area contributed by atoms with Crippen molar-refractivity contribution in [2.45, 2.75) is 58.5 Å². The topological polar surface area (TPSA) is 75.9 Å². The Hall–Kier alpha value is -2.32. The van der Waals surface area contributed by atoms with Crippen molar-refractivity contribution < 1.29 is 4.79 Å². The van der Waals surface area contributed by atoms with E-state index in [1.807, 2.05) is 10.7 Å². The summed E-state index contributed by atoms with van der Waals surface area (Å²) in [6.07, 6.45) is 4.99. The molecule has 1 amide bonds. The molecule has 1 aliphatic heterocycles. The lowest BCUT2D eigenvalue weighted by Crippen LogP contribution is -2.29. The predicted octanol–water partition coefficient (Wildman–Crippen LogP) is 3.98. The van der Waals surface area contributed by atoms with Gasteiger partial charge in [0.15, 0.2) is 10.8 Å². The van der Waals surface area contributed by atoms with E-state index in [2.05, 4.69) is 36.1 Å². The van der Waals surface area contributed by atoms with Crippen LogP contribution in [0.1, 0.15) is 72.2 Å². The van der Waals surface area contributed by atoms with E-state index in [1.165, 1.54) is 4.88 Å². The zero-order valence-electron chi connectivity index (χ0n) is 17.1. The fourth-order valence-corrected chi connectivity index (χ4v) is 4.97. The summed E-state index contributed by atoms with van der Waals surface area (Å²) in [5.74, 6) is 0.342. The van der Waals surface area contributed by atoms with Crippen molar-refractivity contribution in [3.63, 3.8) is 0 Å². The monoisotopic (exact) mass is 410 g/mol. The molecule has 1 aliphatic carbocycles. The van der Waals surface area contributed by atoms with Gasteiger partial charge in [0.1, 0.15) is 0 Å². The number of aromatic nitrogens is 4. The summed E-state index contributed by atoms with van der Waals surface area (Å²) in [6.45, 7) is 9.33. The minimum atomic E-state index is -0.124. The van der Waals surface area contributed by atoms with E-state index in [1.54, 1.807) is 17.5 Å². The molecule has 0 unspecified atom stereocenters. The molecule has 0 aromatic carbocycles. The molecule has 2 aliphatic rings. The number of nitrogens with zero attached hydrogens (tertiary/aromatic N) is 5. The van der Waals surface area contributed by atoms with Crippen LogP contribution < -0.4 is 5.32 Å². The molecule has 29 heavy (non-hydrogen) atoms. The highest BCUT2D eigenvalue weighted by molar-refractivity contribution is 7.15. The molecule has 8 heteroatoms. The second kappa shape index (κ2) is 7.18. The summed E-state index contributed by atoms with van der Waals surface area (Å²) in [5.41, 5.74) is 3.57. The van der Waals surface area contributed by atoms with Crippen molar-refractivity contribution in [3.8, 4) is 0 Å². The van der Waals surface area contributed by atoms with Crippen LogP contribution >= 0.6 is 11.3 Å². The lowest BCUT2D eigenvalue weighted by Gasteiger charge is -2.23. The molecule has 1 saturated carbocycles. The van der Waals surface area contributed by atoms with Crippen molar-refractivity contribution >= 4 is 33.4 Å². The van der Waals surface area contributed by atoms with Crippen LogP contribution in [0.2, 0.25) is 0 Å². The second-order valence-electron chi connectivity index (χ2n) is 8.25. The molecule has 152 valence electrons. The molecule has 1 N–H and O–H groups in total. The number of anilines is 1. The van der Waals surface area contributed by atoms with Gasteiger partial charge in [0.2, 0.25) is 0 Å². The van der Waals surface area contributed by atoms with E-state index in [-0.39, 0.29) is 11.9 Å². The molecular weight excluding hydrogens is 384 g/mol. The number of carbonyl (C=O) groups is 1. The first-order valence-corrected chi connectivity index (χ1v) is 11.3. The number of amides is 1. The van der Waals surface area contributed by atoms with E-state index in [0.29, 0.717) is 16.6 Å². The van der Waals surface area contributed by atoms with Gasteiger partial charge < -0.3 is 0 Å². The van der Waals surface area contributed by atoms with Gasteiger partial charge in [-0.25, -0.2) is 14.6 Å². The number of carbonyl (C=O) groups excluding carboxylic acids is 1. The highest BCUT2D eigenvalue weighted by Crippen LogP contribution is 2.40. The number of rotatable bonds is 5. The van der Waals surface area contributed by atoms with Crippen LogP contribution in [0.3, 0.4) is 0 Å². The van der Waals surface area contributed by atoms with Gasteiger partial charge in [-0.1, -0.05) is 6.92 Å². The van der Waals surface area contributed by atoms with Crippen LogP contribution in [-0.2, 0) is 13.0 Å². The number of fused-ring (bicyclic) bond motifs is 2. The minimum absolute atomic E-state index is 0.124. The number of nitrogens with one attached hydrogen (secondary N) is 1. The van der Waals surface area contributed by atoms with E-state index in [4.69, 9.17) is 9.97 Å². The molecule has 0 radical (unpaired) electrons. The molecule has 0 spiro atoms. The van der Waals surface area contributed by atoms with Crippen LogP contribution in [0, 0.1) is 0 Å². The zero-order chi connectivity index (χ0) is 20.1. The Morgan fingerprint density at radius 2 is 2.17 bits per heavy atom. The van der Waals surface area contributed by atoms with Crippen molar-refractivity contribution in [1.82, 2.24) is 24.6 Å². The molecule has 3 aromatic rings. The van der Waals surface area contributed by atoms with Crippen molar-refractivity contribution in [2.75, 3.05) is 18.4 Å². The van der Waals surface area contributed by atoms with Gasteiger partial charge >= 0.3 is 0 Å². The summed E-state index contributed by atoms with van der Waals surface area (Å²) in [6, 6.07) is 2.14. The maximum absolute atomic E-state index is 13.2. The molecule has 0 saturated heterocycles. The molecule has 7 nitrogen and oxygen atoms in total. The average molecular weight is 411 g/mol. The van der Waals surface area contributed by atoms with Crippen molar-refractivity contribution in [1.29, 1.82) is 0 Å². The van der Waals surface area contributed by atoms with Gasteiger partial charge in [-0.15, -0.1) is 11.3 Å². The van der Waals surface area contributed by atoms with E-state index >= 15 is 0 Å².